The molecular formula is C14H18N4OS. The van der Waals surface area contributed by atoms with Crippen LogP contribution in [0.5, 0.6) is 0 Å². The van der Waals surface area contributed by atoms with Crippen molar-refractivity contribution < 1.29 is 4.79 Å². The maximum Gasteiger partial charge on any atom is 0.265 e. The average molecular weight is 290 g/mol. The molecule has 0 unspecified atom stereocenters. The first-order chi connectivity index (χ1) is 9.65. The van der Waals surface area contributed by atoms with Crippen LogP contribution in [0.15, 0.2) is 17.8 Å². The lowest BCUT2D eigenvalue weighted by Gasteiger charge is -2.32. The van der Waals surface area contributed by atoms with Gasteiger partial charge in [-0.1, -0.05) is 0 Å². The van der Waals surface area contributed by atoms with Gasteiger partial charge in [-0.25, -0.2) is 0 Å². The van der Waals surface area contributed by atoms with E-state index in [0.29, 0.717) is 6.04 Å². The predicted molar refractivity (Wildman–Crippen MR) is 78.0 cm³/mol. The number of likely N-dealkylation sites (tertiary alicyclic amines) is 1. The molecule has 20 heavy (non-hydrogen) atoms. The zero-order valence-electron chi connectivity index (χ0n) is 11.7. The molecule has 6 heteroatoms. The lowest BCUT2D eigenvalue weighted by atomic mass is 10.0. The van der Waals surface area contributed by atoms with E-state index in [0.717, 1.165) is 36.5 Å². The maximum absolute atomic E-state index is 12.2. The van der Waals surface area contributed by atoms with Crippen molar-refractivity contribution in [1.29, 1.82) is 0 Å². The summed E-state index contributed by atoms with van der Waals surface area (Å²) in [6.45, 7) is 5.69. The van der Waals surface area contributed by atoms with Crippen LogP contribution in [-0.2, 0) is 0 Å². The SMILES string of the molecule is Cc1cc(C)n(C2CCN(C(=O)c3cncs3)CC2)n1. The quantitative estimate of drug-likeness (QED) is 0.853. The molecule has 0 radical (unpaired) electrons. The molecule has 2 aromatic rings. The normalized spacial score (nSPS) is 16.6. The molecule has 0 spiro atoms. The van der Waals surface area contributed by atoms with E-state index < -0.39 is 0 Å². The Balaban J connectivity index is 1.65. The summed E-state index contributed by atoms with van der Waals surface area (Å²) in [6, 6.07) is 2.52. The monoisotopic (exact) mass is 290 g/mol. The van der Waals surface area contributed by atoms with E-state index in [-0.39, 0.29) is 5.91 Å². The Morgan fingerprint density at radius 2 is 2.10 bits per heavy atom. The molecule has 2 aromatic heterocycles. The zero-order chi connectivity index (χ0) is 14.1. The molecule has 1 fully saturated rings. The van der Waals surface area contributed by atoms with Gasteiger partial charge < -0.3 is 4.90 Å². The molecule has 1 saturated heterocycles. The highest BCUT2D eigenvalue weighted by Gasteiger charge is 2.26. The Labute approximate surface area is 122 Å². The first-order valence-electron chi connectivity index (χ1n) is 6.85. The summed E-state index contributed by atoms with van der Waals surface area (Å²) >= 11 is 1.41. The molecule has 0 bridgehead atoms. The minimum Gasteiger partial charge on any atom is -0.338 e. The largest absolute Gasteiger partial charge is 0.338 e. The van der Waals surface area contributed by atoms with Gasteiger partial charge in [0.15, 0.2) is 0 Å². The summed E-state index contributed by atoms with van der Waals surface area (Å²) < 4.78 is 2.11. The molecule has 5 nitrogen and oxygen atoms in total. The lowest BCUT2D eigenvalue weighted by molar-refractivity contribution is 0.0694. The Kier molecular flexibility index (Phi) is 3.56. The molecule has 3 heterocycles. The van der Waals surface area contributed by atoms with E-state index in [4.69, 9.17) is 0 Å². The van der Waals surface area contributed by atoms with Crippen molar-refractivity contribution in [3.63, 3.8) is 0 Å². The van der Waals surface area contributed by atoms with Gasteiger partial charge in [0.1, 0.15) is 4.88 Å². The molecule has 1 amide bonds. The molecular weight excluding hydrogens is 272 g/mol. The molecule has 106 valence electrons. The van der Waals surface area contributed by atoms with E-state index in [1.807, 2.05) is 11.8 Å². The number of carbonyl (C=O) groups is 1. The third-order valence-corrected chi connectivity index (χ3v) is 4.55. The highest BCUT2D eigenvalue weighted by atomic mass is 32.1. The molecule has 0 aromatic carbocycles. The second kappa shape index (κ2) is 5.36. The van der Waals surface area contributed by atoms with Crippen molar-refractivity contribution in [2.75, 3.05) is 13.1 Å². The summed E-state index contributed by atoms with van der Waals surface area (Å²) in [5.74, 6) is 0.110. The van der Waals surface area contributed by atoms with Crippen LogP contribution in [0.1, 0.15) is 39.9 Å². The van der Waals surface area contributed by atoms with Gasteiger partial charge in [-0.2, -0.15) is 5.10 Å². The Morgan fingerprint density at radius 1 is 1.35 bits per heavy atom. The molecule has 0 aliphatic carbocycles. The van der Waals surface area contributed by atoms with E-state index in [9.17, 15) is 4.79 Å². The number of rotatable bonds is 2. The average Bonchev–Trinajstić information content (AvgIpc) is 3.08. The molecule has 1 aliphatic heterocycles. The third kappa shape index (κ3) is 2.47. The van der Waals surface area contributed by atoms with Crippen molar-refractivity contribution in [2.24, 2.45) is 0 Å². The van der Waals surface area contributed by atoms with Gasteiger partial charge in [-0.3, -0.25) is 14.5 Å². The first-order valence-corrected chi connectivity index (χ1v) is 7.73. The van der Waals surface area contributed by atoms with Crippen LogP contribution in [0, 0.1) is 13.8 Å². The van der Waals surface area contributed by atoms with Gasteiger partial charge in [-0.15, -0.1) is 11.3 Å². The third-order valence-electron chi connectivity index (χ3n) is 3.79. The summed E-state index contributed by atoms with van der Waals surface area (Å²) in [5, 5.41) is 4.56. The van der Waals surface area contributed by atoms with Crippen molar-refractivity contribution in [3.05, 3.63) is 34.0 Å². The van der Waals surface area contributed by atoms with Gasteiger partial charge in [-0.05, 0) is 32.8 Å². The number of thiazole rings is 1. The molecule has 0 saturated carbocycles. The van der Waals surface area contributed by atoms with Crippen LogP contribution < -0.4 is 0 Å². The van der Waals surface area contributed by atoms with Crippen molar-refractivity contribution in [2.45, 2.75) is 32.7 Å². The van der Waals surface area contributed by atoms with Crippen molar-refractivity contribution in [1.82, 2.24) is 19.7 Å². The summed E-state index contributed by atoms with van der Waals surface area (Å²) in [4.78, 5) is 18.9. The number of carbonyl (C=O) groups excluding carboxylic acids is 1. The maximum atomic E-state index is 12.2. The number of aryl methyl sites for hydroxylation is 2. The van der Waals surface area contributed by atoms with Gasteiger partial charge >= 0.3 is 0 Å². The molecule has 3 rings (SSSR count). The predicted octanol–water partition coefficient (Wildman–Crippen LogP) is 2.43. The van der Waals surface area contributed by atoms with Gasteiger partial charge in [0, 0.05) is 18.8 Å². The highest BCUT2D eigenvalue weighted by molar-refractivity contribution is 7.11. The van der Waals surface area contributed by atoms with Gasteiger partial charge in [0.05, 0.1) is 23.4 Å². The fourth-order valence-corrected chi connectivity index (χ4v) is 3.39. The zero-order valence-corrected chi connectivity index (χ0v) is 12.6. The second-order valence-corrected chi connectivity index (χ2v) is 6.15. The highest BCUT2D eigenvalue weighted by Crippen LogP contribution is 2.25. The smallest absolute Gasteiger partial charge is 0.265 e. The second-order valence-electron chi connectivity index (χ2n) is 5.26. The minimum absolute atomic E-state index is 0.110. The van der Waals surface area contributed by atoms with Gasteiger partial charge in [0.2, 0.25) is 0 Å². The first kappa shape index (κ1) is 13.3. The summed E-state index contributed by atoms with van der Waals surface area (Å²) in [7, 11) is 0. The van der Waals surface area contributed by atoms with E-state index in [1.165, 1.54) is 17.0 Å². The van der Waals surface area contributed by atoms with Crippen LogP contribution in [0.3, 0.4) is 0 Å². The molecule has 0 atom stereocenters. The van der Waals surface area contributed by atoms with Crippen molar-refractivity contribution in [3.8, 4) is 0 Å². The van der Waals surface area contributed by atoms with Crippen molar-refractivity contribution >= 4 is 17.2 Å². The lowest BCUT2D eigenvalue weighted by Crippen LogP contribution is -2.39. The van der Waals surface area contributed by atoms with Crippen LogP contribution in [-0.4, -0.2) is 38.7 Å². The fraction of sp³-hybridized carbons (Fsp3) is 0.500. The molecule has 0 N–H and O–H groups in total. The van der Waals surface area contributed by atoms with Crippen LogP contribution >= 0.6 is 11.3 Å². The standard InChI is InChI=1S/C14H18N4OS/c1-10-7-11(2)18(16-10)12-3-5-17(6-4-12)14(19)13-8-15-9-20-13/h7-9,12H,3-6H2,1-2H3. The number of hydrogen-bond acceptors (Lipinski definition) is 4. The number of amides is 1. The van der Waals surface area contributed by atoms with Crippen LogP contribution in [0.2, 0.25) is 0 Å². The Hall–Kier alpha value is -1.69. The van der Waals surface area contributed by atoms with E-state index in [2.05, 4.69) is 27.8 Å². The number of aromatic nitrogens is 3. The molecule has 1 aliphatic rings. The van der Waals surface area contributed by atoms with Crippen LogP contribution in [0.25, 0.3) is 0 Å². The van der Waals surface area contributed by atoms with E-state index >= 15 is 0 Å². The van der Waals surface area contributed by atoms with Gasteiger partial charge in [0.25, 0.3) is 5.91 Å². The summed E-state index contributed by atoms with van der Waals surface area (Å²) in [5.41, 5.74) is 3.97. The fourth-order valence-electron chi connectivity index (χ4n) is 2.81. The van der Waals surface area contributed by atoms with E-state index in [1.54, 1.807) is 11.7 Å². The topological polar surface area (TPSA) is 51.0 Å². The minimum atomic E-state index is 0.110. The Morgan fingerprint density at radius 3 is 2.65 bits per heavy atom. The van der Waals surface area contributed by atoms with Crippen LogP contribution in [0.4, 0.5) is 0 Å². The number of nitrogens with zero attached hydrogens (tertiary/aromatic N) is 4. The Bertz CT molecular complexity index is 597. The number of piperidine rings is 1. The summed E-state index contributed by atoms with van der Waals surface area (Å²) in [6.07, 6.45) is 3.58. The number of hydrogen-bond donors (Lipinski definition) is 0.